The highest BCUT2D eigenvalue weighted by molar-refractivity contribution is 9.10. The van der Waals surface area contributed by atoms with Crippen molar-refractivity contribution in [2.45, 2.75) is 31.9 Å². The van der Waals surface area contributed by atoms with Crippen molar-refractivity contribution in [1.82, 2.24) is 10.6 Å². The summed E-state index contributed by atoms with van der Waals surface area (Å²) >= 11 is 3.36. The quantitative estimate of drug-likeness (QED) is 0.864. The Morgan fingerprint density at radius 2 is 2.15 bits per heavy atom. The fraction of sp³-hybridized carbons (Fsp3) is 0.500. The minimum atomic E-state index is -0.483. The van der Waals surface area contributed by atoms with E-state index in [1.807, 2.05) is 24.3 Å². The number of hydrogen-bond acceptors (Lipinski definition) is 3. The molecular formula is C14H20BrClN2O2. The predicted octanol–water partition coefficient (Wildman–Crippen LogP) is 2.51. The maximum absolute atomic E-state index is 12.0. The summed E-state index contributed by atoms with van der Waals surface area (Å²) in [7, 11) is 0. The Hall–Kier alpha value is -0.780. The molecule has 1 saturated heterocycles. The fourth-order valence-electron chi connectivity index (χ4n) is 2.06. The molecule has 20 heavy (non-hydrogen) atoms. The lowest BCUT2D eigenvalue weighted by Gasteiger charge is -2.25. The summed E-state index contributed by atoms with van der Waals surface area (Å²) in [5.41, 5.74) is 0. The van der Waals surface area contributed by atoms with Gasteiger partial charge in [0.25, 0.3) is 5.91 Å². The molecule has 1 aliphatic heterocycles. The third-order valence-electron chi connectivity index (χ3n) is 3.14. The topological polar surface area (TPSA) is 50.4 Å². The van der Waals surface area contributed by atoms with Gasteiger partial charge in [-0.25, -0.2) is 0 Å². The highest BCUT2D eigenvalue weighted by Gasteiger charge is 2.20. The van der Waals surface area contributed by atoms with E-state index in [1.54, 1.807) is 6.92 Å². The molecule has 4 nitrogen and oxygen atoms in total. The average Bonchev–Trinajstić information content (AvgIpc) is 2.42. The molecule has 1 aliphatic rings. The van der Waals surface area contributed by atoms with E-state index in [4.69, 9.17) is 4.74 Å². The van der Waals surface area contributed by atoms with Crippen molar-refractivity contribution in [3.05, 3.63) is 28.7 Å². The summed E-state index contributed by atoms with van der Waals surface area (Å²) in [6.07, 6.45) is 1.65. The minimum Gasteiger partial charge on any atom is -0.481 e. The summed E-state index contributed by atoms with van der Waals surface area (Å²) in [6.45, 7) is 3.65. The van der Waals surface area contributed by atoms with Crippen LogP contribution in [0.3, 0.4) is 0 Å². The van der Waals surface area contributed by atoms with Gasteiger partial charge in [-0.05, 0) is 50.6 Å². The van der Waals surface area contributed by atoms with Gasteiger partial charge in [-0.1, -0.05) is 15.9 Å². The molecule has 1 aromatic rings. The second kappa shape index (κ2) is 8.49. The Morgan fingerprint density at radius 1 is 1.45 bits per heavy atom. The molecule has 2 N–H and O–H groups in total. The lowest BCUT2D eigenvalue weighted by molar-refractivity contribution is -0.128. The van der Waals surface area contributed by atoms with Crippen LogP contribution < -0.4 is 15.4 Å². The second-order valence-corrected chi connectivity index (χ2v) is 5.68. The van der Waals surface area contributed by atoms with Gasteiger partial charge in [0.1, 0.15) is 5.75 Å². The van der Waals surface area contributed by atoms with Crippen LogP contribution in [0.25, 0.3) is 0 Å². The molecule has 0 aromatic heterocycles. The Morgan fingerprint density at radius 3 is 2.75 bits per heavy atom. The Kier molecular flexibility index (Phi) is 7.34. The number of nitrogens with one attached hydrogen (secondary N) is 2. The molecule has 1 unspecified atom stereocenters. The lowest BCUT2D eigenvalue weighted by atomic mass is 10.1. The van der Waals surface area contributed by atoms with Crippen molar-refractivity contribution in [2.24, 2.45) is 0 Å². The molecule has 0 bridgehead atoms. The molecule has 1 heterocycles. The maximum atomic E-state index is 12.0. The van der Waals surface area contributed by atoms with Crippen molar-refractivity contribution in [3.8, 4) is 5.75 Å². The highest BCUT2D eigenvalue weighted by Crippen LogP contribution is 2.17. The molecule has 1 amide bonds. The Bertz CT molecular complexity index is 422. The zero-order valence-electron chi connectivity index (χ0n) is 11.4. The van der Waals surface area contributed by atoms with Crippen molar-refractivity contribution in [2.75, 3.05) is 13.1 Å². The van der Waals surface area contributed by atoms with Crippen LogP contribution >= 0.6 is 28.3 Å². The molecule has 0 aliphatic carbocycles. The number of ether oxygens (including phenoxy) is 1. The molecule has 1 aromatic carbocycles. The zero-order chi connectivity index (χ0) is 13.7. The zero-order valence-corrected chi connectivity index (χ0v) is 13.8. The van der Waals surface area contributed by atoms with Crippen LogP contribution in [0.2, 0.25) is 0 Å². The van der Waals surface area contributed by atoms with Crippen molar-refractivity contribution < 1.29 is 9.53 Å². The summed E-state index contributed by atoms with van der Waals surface area (Å²) < 4.78 is 6.61. The van der Waals surface area contributed by atoms with E-state index < -0.39 is 6.10 Å². The number of carbonyl (C=O) groups is 1. The van der Waals surface area contributed by atoms with E-state index in [0.29, 0.717) is 5.75 Å². The Labute approximate surface area is 134 Å². The Balaban J connectivity index is 0.00000200. The van der Waals surface area contributed by atoms with E-state index >= 15 is 0 Å². The van der Waals surface area contributed by atoms with Gasteiger partial charge in [0.15, 0.2) is 6.10 Å². The third-order valence-corrected chi connectivity index (χ3v) is 3.67. The lowest BCUT2D eigenvalue weighted by Crippen LogP contribution is -2.49. The standard InChI is InChI=1S/C14H19BrN2O2.ClH/c1-10(19-13-6-4-11(15)5-7-13)14(18)17-12-3-2-8-16-9-12;/h4-7,10,12,16H,2-3,8-9H2,1H3,(H,17,18);1H/t10?,12-;/m0./s1. The van der Waals surface area contributed by atoms with Crippen LogP contribution in [0.4, 0.5) is 0 Å². The first kappa shape index (κ1) is 17.3. The highest BCUT2D eigenvalue weighted by atomic mass is 79.9. The van der Waals surface area contributed by atoms with Gasteiger partial charge < -0.3 is 15.4 Å². The smallest absolute Gasteiger partial charge is 0.261 e. The maximum Gasteiger partial charge on any atom is 0.261 e. The summed E-state index contributed by atoms with van der Waals surface area (Å²) in [4.78, 5) is 12.0. The van der Waals surface area contributed by atoms with Crippen LogP contribution in [-0.4, -0.2) is 31.1 Å². The van der Waals surface area contributed by atoms with Crippen molar-refractivity contribution in [3.63, 3.8) is 0 Å². The number of carbonyl (C=O) groups excluding carboxylic acids is 1. The summed E-state index contributed by atoms with van der Waals surface area (Å²) in [6, 6.07) is 7.69. The fourth-order valence-corrected chi connectivity index (χ4v) is 2.33. The molecule has 0 spiro atoms. The number of piperidine rings is 1. The molecular weight excluding hydrogens is 344 g/mol. The normalized spacial score (nSPS) is 19.6. The molecule has 0 saturated carbocycles. The molecule has 112 valence electrons. The largest absolute Gasteiger partial charge is 0.481 e. The van der Waals surface area contributed by atoms with Crippen LogP contribution in [-0.2, 0) is 4.79 Å². The third kappa shape index (κ3) is 5.31. The first-order valence-corrected chi connectivity index (χ1v) is 7.38. The van der Waals surface area contributed by atoms with Gasteiger partial charge in [-0.3, -0.25) is 4.79 Å². The van der Waals surface area contributed by atoms with Gasteiger partial charge >= 0.3 is 0 Å². The molecule has 2 rings (SSSR count). The van der Waals surface area contributed by atoms with E-state index in [-0.39, 0.29) is 24.4 Å². The number of rotatable bonds is 4. The second-order valence-electron chi connectivity index (χ2n) is 4.77. The number of halogens is 2. The monoisotopic (exact) mass is 362 g/mol. The predicted molar refractivity (Wildman–Crippen MR) is 85.5 cm³/mol. The number of hydrogen-bond donors (Lipinski definition) is 2. The molecule has 1 fully saturated rings. The van der Waals surface area contributed by atoms with Gasteiger partial charge in [0, 0.05) is 17.1 Å². The summed E-state index contributed by atoms with van der Waals surface area (Å²) in [5.74, 6) is 0.643. The number of amides is 1. The number of benzene rings is 1. The van der Waals surface area contributed by atoms with E-state index in [0.717, 1.165) is 30.4 Å². The van der Waals surface area contributed by atoms with Gasteiger partial charge in [0.2, 0.25) is 0 Å². The van der Waals surface area contributed by atoms with E-state index in [9.17, 15) is 4.79 Å². The minimum absolute atomic E-state index is 0. The summed E-state index contributed by atoms with van der Waals surface area (Å²) in [5, 5.41) is 6.29. The first-order chi connectivity index (χ1) is 9.15. The molecule has 0 radical (unpaired) electrons. The first-order valence-electron chi connectivity index (χ1n) is 6.58. The average molecular weight is 364 g/mol. The SMILES string of the molecule is CC(Oc1ccc(Br)cc1)C(=O)N[C@H]1CCCNC1.Cl. The van der Waals surface area contributed by atoms with Crippen molar-refractivity contribution in [1.29, 1.82) is 0 Å². The van der Waals surface area contributed by atoms with Gasteiger partial charge in [0.05, 0.1) is 0 Å². The van der Waals surface area contributed by atoms with E-state index in [2.05, 4.69) is 26.6 Å². The van der Waals surface area contributed by atoms with Crippen LogP contribution in [0.5, 0.6) is 5.75 Å². The molecule has 2 atom stereocenters. The van der Waals surface area contributed by atoms with Crippen LogP contribution in [0.1, 0.15) is 19.8 Å². The van der Waals surface area contributed by atoms with Crippen LogP contribution in [0.15, 0.2) is 28.7 Å². The molecule has 6 heteroatoms. The van der Waals surface area contributed by atoms with Crippen LogP contribution in [0, 0.1) is 0 Å². The van der Waals surface area contributed by atoms with Gasteiger partial charge in [-0.15, -0.1) is 12.4 Å². The van der Waals surface area contributed by atoms with E-state index in [1.165, 1.54) is 0 Å². The van der Waals surface area contributed by atoms with Crippen molar-refractivity contribution >= 4 is 34.2 Å². The van der Waals surface area contributed by atoms with Gasteiger partial charge in [-0.2, -0.15) is 0 Å².